The molecule has 0 N–H and O–H groups in total. The highest BCUT2D eigenvalue weighted by Crippen LogP contribution is 2.27. The van der Waals surface area contributed by atoms with Crippen LogP contribution in [0.4, 0.5) is 0 Å². The number of pyridine rings is 1. The Bertz CT molecular complexity index is 697. The number of aromatic nitrogens is 3. The van der Waals surface area contributed by atoms with Crippen molar-refractivity contribution >= 4 is 0 Å². The van der Waals surface area contributed by atoms with Gasteiger partial charge in [0.1, 0.15) is 5.82 Å². The minimum atomic E-state index is 0.299. The summed E-state index contributed by atoms with van der Waals surface area (Å²) in [6.45, 7) is 8.37. The number of hydrogen-bond donors (Lipinski definition) is 0. The second-order valence-corrected chi connectivity index (χ2v) is 7.34. The number of imidazole rings is 1. The van der Waals surface area contributed by atoms with E-state index >= 15 is 0 Å². The van der Waals surface area contributed by atoms with Crippen molar-refractivity contribution in [2.45, 2.75) is 45.5 Å². The fourth-order valence-corrected chi connectivity index (χ4v) is 3.90. The van der Waals surface area contributed by atoms with Crippen molar-refractivity contribution in [3.05, 3.63) is 47.8 Å². The third kappa shape index (κ3) is 3.98. The van der Waals surface area contributed by atoms with E-state index in [4.69, 9.17) is 14.5 Å². The smallest absolute Gasteiger partial charge is 0.126 e. The lowest BCUT2D eigenvalue weighted by Crippen LogP contribution is -2.37. The van der Waals surface area contributed by atoms with E-state index in [-0.39, 0.29) is 0 Å². The zero-order valence-corrected chi connectivity index (χ0v) is 15.5. The quantitative estimate of drug-likeness (QED) is 0.797. The molecule has 4 heterocycles. The first-order valence-corrected chi connectivity index (χ1v) is 9.64. The molecule has 2 aromatic rings. The predicted octanol–water partition coefficient (Wildman–Crippen LogP) is 2.80. The van der Waals surface area contributed by atoms with Crippen molar-refractivity contribution in [2.24, 2.45) is 5.92 Å². The highest BCUT2D eigenvalue weighted by molar-refractivity contribution is 5.13. The third-order valence-corrected chi connectivity index (χ3v) is 5.55. The first-order valence-electron chi connectivity index (χ1n) is 9.64. The molecule has 1 fully saturated rings. The maximum atomic E-state index is 6.00. The zero-order valence-electron chi connectivity index (χ0n) is 15.5. The Kier molecular flexibility index (Phi) is 5.62. The van der Waals surface area contributed by atoms with Gasteiger partial charge in [0, 0.05) is 45.2 Å². The molecular formula is C20H28N4O2. The number of ether oxygens (including phenoxy) is 2. The van der Waals surface area contributed by atoms with E-state index in [1.807, 2.05) is 24.7 Å². The summed E-state index contributed by atoms with van der Waals surface area (Å²) in [5.41, 5.74) is 2.44. The van der Waals surface area contributed by atoms with Gasteiger partial charge in [0.15, 0.2) is 0 Å². The molecule has 4 rings (SSSR count). The van der Waals surface area contributed by atoms with Gasteiger partial charge in [-0.3, -0.25) is 9.88 Å². The van der Waals surface area contributed by atoms with Gasteiger partial charge in [-0.15, -0.1) is 0 Å². The van der Waals surface area contributed by atoms with Gasteiger partial charge in [-0.1, -0.05) is 6.07 Å². The van der Waals surface area contributed by atoms with Gasteiger partial charge in [-0.25, -0.2) is 4.98 Å². The summed E-state index contributed by atoms with van der Waals surface area (Å²) in [4.78, 5) is 11.4. The summed E-state index contributed by atoms with van der Waals surface area (Å²) in [6.07, 6.45) is 7.99. The van der Waals surface area contributed by atoms with Crippen LogP contribution >= 0.6 is 0 Å². The molecule has 0 spiro atoms. The largest absolute Gasteiger partial charge is 0.381 e. The van der Waals surface area contributed by atoms with Crippen molar-refractivity contribution in [3.63, 3.8) is 0 Å². The Morgan fingerprint density at radius 3 is 2.92 bits per heavy atom. The van der Waals surface area contributed by atoms with Gasteiger partial charge in [0.05, 0.1) is 31.1 Å². The first kappa shape index (κ1) is 17.6. The third-order valence-electron chi connectivity index (χ3n) is 5.55. The highest BCUT2D eigenvalue weighted by atomic mass is 16.5. The summed E-state index contributed by atoms with van der Waals surface area (Å²) < 4.78 is 13.8. The molecule has 0 amide bonds. The average molecular weight is 356 g/mol. The van der Waals surface area contributed by atoms with Gasteiger partial charge in [0.2, 0.25) is 0 Å². The molecular weight excluding hydrogens is 328 g/mol. The molecule has 2 aliphatic rings. The van der Waals surface area contributed by atoms with E-state index < -0.39 is 0 Å². The fourth-order valence-electron chi connectivity index (χ4n) is 3.90. The lowest BCUT2D eigenvalue weighted by molar-refractivity contribution is 0.0139. The maximum absolute atomic E-state index is 6.00. The molecule has 0 radical (unpaired) electrons. The number of fused-ring (bicyclic) bond motifs is 1. The van der Waals surface area contributed by atoms with E-state index in [1.54, 1.807) is 0 Å². The summed E-state index contributed by atoms with van der Waals surface area (Å²) in [6, 6.07) is 4.43. The second kappa shape index (κ2) is 8.29. The lowest BCUT2D eigenvalue weighted by Gasteiger charge is -2.34. The van der Waals surface area contributed by atoms with Gasteiger partial charge >= 0.3 is 0 Å². The number of nitrogens with zero attached hydrogens (tertiary/aromatic N) is 4. The summed E-state index contributed by atoms with van der Waals surface area (Å²) >= 11 is 0. The van der Waals surface area contributed by atoms with E-state index in [9.17, 15) is 0 Å². The van der Waals surface area contributed by atoms with Crippen LogP contribution in [-0.4, -0.2) is 45.8 Å². The molecule has 0 bridgehead atoms. The van der Waals surface area contributed by atoms with Gasteiger partial charge in [-0.05, 0) is 37.3 Å². The molecule has 0 aliphatic carbocycles. The van der Waals surface area contributed by atoms with E-state index in [2.05, 4.69) is 27.4 Å². The number of rotatable bonds is 6. The molecule has 6 nitrogen and oxygen atoms in total. The highest BCUT2D eigenvalue weighted by Gasteiger charge is 2.27. The topological polar surface area (TPSA) is 52.4 Å². The van der Waals surface area contributed by atoms with Crippen LogP contribution in [0.25, 0.3) is 0 Å². The molecule has 1 atom stereocenters. The van der Waals surface area contributed by atoms with Crippen LogP contribution in [0.2, 0.25) is 0 Å². The summed E-state index contributed by atoms with van der Waals surface area (Å²) in [7, 11) is 0. The number of hydrogen-bond acceptors (Lipinski definition) is 5. The standard InChI is InChI=1S/C20H28N4O2/c1-16-20-22-12-19(15-26-14-17-4-9-25-10-5-17)24(20)8-7-23(16)13-18-3-2-6-21-11-18/h2-3,6,11-12,16-17H,4-5,7-10,13-15H2,1H3/t16-/m0/s1. The van der Waals surface area contributed by atoms with E-state index in [0.717, 1.165) is 58.1 Å². The van der Waals surface area contributed by atoms with Crippen LogP contribution < -0.4 is 0 Å². The fraction of sp³-hybridized carbons (Fsp3) is 0.600. The van der Waals surface area contributed by atoms with Crippen LogP contribution in [-0.2, 0) is 29.2 Å². The molecule has 0 saturated carbocycles. The van der Waals surface area contributed by atoms with E-state index in [1.165, 1.54) is 11.3 Å². The minimum absolute atomic E-state index is 0.299. The molecule has 140 valence electrons. The van der Waals surface area contributed by atoms with Crippen LogP contribution in [0.15, 0.2) is 30.7 Å². The van der Waals surface area contributed by atoms with Gasteiger partial charge < -0.3 is 14.0 Å². The van der Waals surface area contributed by atoms with Crippen LogP contribution in [0.1, 0.15) is 42.9 Å². The molecule has 26 heavy (non-hydrogen) atoms. The SMILES string of the molecule is C[C@H]1c2ncc(COCC3CCOCC3)n2CCN1Cc1cccnc1. The Hall–Kier alpha value is -1.76. The van der Waals surface area contributed by atoms with Crippen molar-refractivity contribution in [2.75, 3.05) is 26.4 Å². The first-order chi connectivity index (χ1) is 12.8. The second-order valence-electron chi connectivity index (χ2n) is 7.34. The maximum Gasteiger partial charge on any atom is 0.126 e. The Labute approximate surface area is 155 Å². The average Bonchev–Trinajstić information content (AvgIpc) is 3.10. The summed E-state index contributed by atoms with van der Waals surface area (Å²) in [5.74, 6) is 1.78. The predicted molar refractivity (Wildman–Crippen MR) is 98.5 cm³/mol. The van der Waals surface area contributed by atoms with Crippen LogP contribution in [0.5, 0.6) is 0 Å². The van der Waals surface area contributed by atoms with Crippen LogP contribution in [0, 0.1) is 5.92 Å². The van der Waals surface area contributed by atoms with Crippen molar-refractivity contribution in [1.82, 2.24) is 19.4 Å². The van der Waals surface area contributed by atoms with Crippen molar-refractivity contribution < 1.29 is 9.47 Å². The molecule has 6 heteroatoms. The molecule has 2 aromatic heterocycles. The molecule has 1 saturated heterocycles. The van der Waals surface area contributed by atoms with Crippen molar-refractivity contribution in [1.29, 1.82) is 0 Å². The monoisotopic (exact) mass is 356 g/mol. The molecule has 0 unspecified atom stereocenters. The summed E-state index contributed by atoms with van der Waals surface area (Å²) in [5, 5.41) is 0. The zero-order chi connectivity index (χ0) is 17.8. The Morgan fingerprint density at radius 1 is 1.23 bits per heavy atom. The van der Waals surface area contributed by atoms with E-state index in [0.29, 0.717) is 18.6 Å². The Balaban J connectivity index is 1.34. The minimum Gasteiger partial charge on any atom is -0.381 e. The van der Waals surface area contributed by atoms with Crippen LogP contribution in [0.3, 0.4) is 0 Å². The van der Waals surface area contributed by atoms with Gasteiger partial charge in [0.25, 0.3) is 0 Å². The normalized spacial score (nSPS) is 21.7. The molecule has 0 aromatic carbocycles. The van der Waals surface area contributed by atoms with Crippen molar-refractivity contribution in [3.8, 4) is 0 Å². The molecule has 2 aliphatic heterocycles. The van der Waals surface area contributed by atoms with Gasteiger partial charge in [-0.2, -0.15) is 0 Å². The lowest BCUT2D eigenvalue weighted by atomic mass is 10.0. The Morgan fingerprint density at radius 2 is 2.12 bits per heavy atom.